The van der Waals surface area contributed by atoms with Gasteiger partial charge in [0.15, 0.2) is 0 Å². The van der Waals surface area contributed by atoms with Crippen LogP contribution in [0.4, 0.5) is 5.82 Å². The fraction of sp³-hybridized carbons (Fsp3) is 0.357. The summed E-state index contributed by atoms with van der Waals surface area (Å²) in [6, 6.07) is 8.46. The van der Waals surface area contributed by atoms with Crippen LogP contribution in [-0.4, -0.2) is 25.7 Å². The minimum atomic E-state index is 0.726. The van der Waals surface area contributed by atoms with E-state index >= 15 is 0 Å². The fourth-order valence-corrected chi connectivity index (χ4v) is 2.03. The maximum Gasteiger partial charge on any atom is 0.129 e. The molecule has 1 aromatic carbocycles. The van der Waals surface area contributed by atoms with Crippen LogP contribution in [0.15, 0.2) is 24.3 Å². The lowest BCUT2D eigenvalue weighted by Gasteiger charge is -2.10. The molecule has 3 nitrogen and oxygen atoms in total. The quantitative estimate of drug-likeness (QED) is 0.877. The largest absolute Gasteiger partial charge is 0.384 e. The number of para-hydroxylation sites is 1. The molecule has 0 radical (unpaired) electrons. The molecule has 0 unspecified atom stereocenters. The van der Waals surface area contributed by atoms with Gasteiger partial charge in [-0.1, -0.05) is 18.2 Å². The van der Waals surface area contributed by atoms with Crippen LogP contribution >= 0.6 is 0 Å². The minimum absolute atomic E-state index is 0.726. The molecule has 1 N–H and O–H groups in total. The van der Waals surface area contributed by atoms with E-state index in [4.69, 9.17) is 4.74 Å². The van der Waals surface area contributed by atoms with Crippen molar-refractivity contribution in [3.63, 3.8) is 0 Å². The summed E-state index contributed by atoms with van der Waals surface area (Å²) in [6.45, 7) is 2.80. The molecule has 0 aliphatic carbocycles. The van der Waals surface area contributed by atoms with Gasteiger partial charge in [-0.15, -0.1) is 0 Å². The molecule has 0 fully saturated rings. The maximum absolute atomic E-state index is 5.13. The van der Waals surface area contributed by atoms with Crippen LogP contribution in [0.1, 0.15) is 11.1 Å². The lowest BCUT2D eigenvalue weighted by molar-refractivity contribution is 0.202. The second-order valence-corrected chi connectivity index (χ2v) is 4.14. The van der Waals surface area contributed by atoms with Gasteiger partial charge in [0.25, 0.3) is 0 Å². The molecule has 1 heterocycles. The minimum Gasteiger partial charge on any atom is -0.384 e. The van der Waals surface area contributed by atoms with E-state index < -0.39 is 0 Å². The highest BCUT2D eigenvalue weighted by Crippen LogP contribution is 2.22. The number of nitrogens with zero attached hydrogens (tertiary/aromatic N) is 1. The lowest BCUT2D eigenvalue weighted by atomic mass is 10.1. The summed E-state index contributed by atoms with van der Waals surface area (Å²) in [5.74, 6) is 0.947. The lowest BCUT2D eigenvalue weighted by Crippen LogP contribution is -2.00. The number of anilines is 1. The monoisotopic (exact) mass is 230 g/mol. The smallest absolute Gasteiger partial charge is 0.129 e. The van der Waals surface area contributed by atoms with Crippen molar-refractivity contribution in [3.8, 4) is 0 Å². The molecule has 0 aliphatic heterocycles. The number of rotatable bonds is 4. The van der Waals surface area contributed by atoms with E-state index in [0.717, 1.165) is 24.4 Å². The first-order valence-corrected chi connectivity index (χ1v) is 5.82. The number of ether oxygens (including phenoxy) is 1. The predicted octanol–water partition coefficient (Wildman–Crippen LogP) is 2.77. The van der Waals surface area contributed by atoms with Crippen molar-refractivity contribution >= 4 is 16.7 Å². The standard InChI is InChI=1S/C14H18N2O/c1-10-9-12-6-4-5-11(7-8-17-3)13(12)16-14(10)15-2/h4-6,9H,7-8H2,1-3H3,(H,15,16). The van der Waals surface area contributed by atoms with Gasteiger partial charge in [0.1, 0.15) is 5.82 Å². The zero-order chi connectivity index (χ0) is 12.3. The van der Waals surface area contributed by atoms with E-state index in [1.807, 2.05) is 7.05 Å². The molecular formula is C14H18N2O. The Morgan fingerprint density at radius 3 is 2.88 bits per heavy atom. The highest BCUT2D eigenvalue weighted by atomic mass is 16.5. The number of hydrogen-bond donors (Lipinski definition) is 1. The molecule has 0 spiro atoms. The highest BCUT2D eigenvalue weighted by molar-refractivity contribution is 5.84. The van der Waals surface area contributed by atoms with Crippen LogP contribution in [0.25, 0.3) is 10.9 Å². The first kappa shape index (κ1) is 11.9. The van der Waals surface area contributed by atoms with E-state index in [1.54, 1.807) is 7.11 Å². The average Bonchev–Trinajstić information content (AvgIpc) is 2.35. The van der Waals surface area contributed by atoms with Crippen LogP contribution in [0.5, 0.6) is 0 Å². The second kappa shape index (κ2) is 5.15. The third-order valence-electron chi connectivity index (χ3n) is 2.93. The Balaban J connectivity index is 2.53. The van der Waals surface area contributed by atoms with Crippen LogP contribution < -0.4 is 5.32 Å². The van der Waals surface area contributed by atoms with Gasteiger partial charge in [0, 0.05) is 19.5 Å². The Labute approximate surface area is 102 Å². The summed E-state index contributed by atoms with van der Waals surface area (Å²) >= 11 is 0. The summed E-state index contributed by atoms with van der Waals surface area (Å²) in [5, 5.41) is 4.32. The zero-order valence-electron chi connectivity index (χ0n) is 10.6. The Bertz CT molecular complexity index is 523. The van der Waals surface area contributed by atoms with E-state index in [1.165, 1.54) is 16.5 Å². The van der Waals surface area contributed by atoms with Gasteiger partial charge < -0.3 is 10.1 Å². The fourth-order valence-electron chi connectivity index (χ4n) is 2.03. The Morgan fingerprint density at radius 1 is 1.35 bits per heavy atom. The van der Waals surface area contributed by atoms with E-state index in [9.17, 15) is 0 Å². The molecule has 3 heteroatoms. The SMILES string of the molecule is CNc1nc2c(CCOC)cccc2cc1C. The average molecular weight is 230 g/mol. The van der Waals surface area contributed by atoms with Gasteiger partial charge in [-0.3, -0.25) is 0 Å². The van der Waals surface area contributed by atoms with Gasteiger partial charge in [-0.2, -0.15) is 0 Å². The first-order valence-electron chi connectivity index (χ1n) is 5.82. The summed E-state index contributed by atoms with van der Waals surface area (Å²) in [6.07, 6.45) is 0.896. The van der Waals surface area contributed by atoms with E-state index in [0.29, 0.717) is 0 Å². The van der Waals surface area contributed by atoms with Crippen LogP contribution in [0, 0.1) is 6.92 Å². The topological polar surface area (TPSA) is 34.2 Å². The molecular weight excluding hydrogens is 212 g/mol. The maximum atomic E-state index is 5.13. The van der Waals surface area contributed by atoms with Gasteiger partial charge in [-0.05, 0) is 30.5 Å². The van der Waals surface area contributed by atoms with Crippen molar-refractivity contribution < 1.29 is 4.74 Å². The molecule has 2 aromatic rings. The Kier molecular flexibility index (Phi) is 3.59. The number of aryl methyl sites for hydroxylation is 1. The van der Waals surface area contributed by atoms with E-state index in [-0.39, 0.29) is 0 Å². The van der Waals surface area contributed by atoms with Gasteiger partial charge in [0.05, 0.1) is 12.1 Å². The van der Waals surface area contributed by atoms with Gasteiger partial charge in [0.2, 0.25) is 0 Å². The van der Waals surface area contributed by atoms with Crippen molar-refractivity contribution in [2.75, 3.05) is 26.1 Å². The number of hydrogen-bond acceptors (Lipinski definition) is 3. The number of nitrogens with one attached hydrogen (secondary N) is 1. The molecule has 0 aliphatic rings. The zero-order valence-corrected chi connectivity index (χ0v) is 10.6. The van der Waals surface area contributed by atoms with Crippen molar-refractivity contribution in [1.29, 1.82) is 0 Å². The van der Waals surface area contributed by atoms with Gasteiger partial charge >= 0.3 is 0 Å². The van der Waals surface area contributed by atoms with Crippen molar-refractivity contribution in [2.24, 2.45) is 0 Å². The molecule has 0 atom stereocenters. The highest BCUT2D eigenvalue weighted by Gasteiger charge is 2.05. The van der Waals surface area contributed by atoms with E-state index in [2.05, 4.69) is 41.5 Å². The Hall–Kier alpha value is -1.61. The molecule has 0 amide bonds. The molecule has 90 valence electrons. The third-order valence-corrected chi connectivity index (χ3v) is 2.93. The number of pyridine rings is 1. The summed E-state index contributed by atoms with van der Waals surface area (Å²) < 4.78 is 5.13. The molecule has 17 heavy (non-hydrogen) atoms. The number of aromatic nitrogens is 1. The normalized spacial score (nSPS) is 10.8. The van der Waals surface area contributed by atoms with Gasteiger partial charge in [-0.25, -0.2) is 4.98 Å². The van der Waals surface area contributed by atoms with Crippen molar-refractivity contribution in [1.82, 2.24) is 4.98 Å². The summed E-state index contributed by atoms with van der Waals surface area (Å²) in [7, 11) is 3.63. The summed E-state index contributed by atoms with van der Waals surface area (Å²) in [5.41, 5.74) is 3.48. The molecule has 1 aromatic heterocycles. The Morgan fingerprint density at radius 2 is 2.18 bits per heavy atom. The van der Waals surface area contributed by atoms with Crippen molar-refractivity contribution in [3.05, 3.63) is 35.4 Å². The molecule has 0 bridgehead atoms. The summed E-state index contributed by atoms with van der Waals surface area (Å²) in [4.78, 5) is 4.68. The van der Waals surface area contributed by atoms with Crippen LogP contribution in [0.3, 0.4) is 0 Å². The predicted molar refractivity (Wildman–Crippen MR) is 71.6 cm³/mol. The first-order chi connectivity index (χ1) is 8.26. The number of methoxy groups -OCH3 is 1. The van der Waals surface area contributed by atoms with Crippen molar-refractivity contribution in [2.45, 2.75) is 13.3 Å². The second-order valence-electron chi connectivity index (χ2n) is 4.14. The molecule has 0 saturated heterocycles. The number of benzene rings is 1. The third kappa shape index (κ3) is 2.39. The molecule has 2 rings (SSSR count). The number of fused-ring (bicyclic) bond motifs is 1. The molecule has 0 saturated carbocycles. The van der Waals surface area contributed by atoms with Crippen LogP contribution in [-0.2, 0) is 11.2 Å². The van der Waals surface area contributed by atoms with Crippen LogP contribution in [0.2, 0.25) is 0 Å².